The molecule has 0 heterocycles. The van der Waals surface area contributed by atoms with Crippen LogP contribution in [0.2, 0.25) is 0 Å². The molecule has 5 nitrogen and oxygen atoms in total. The molecule has 0 saturated carbocycles. The summed E-state index contributed by atoms with van der Waals surface area (Å²) >= 11 is 0. The van der Waals surface area contributed by atoms with Crippen LogP contribution in [-0.2, 0) is 16.1 Å². The first-order valence-corrected chi connectivity index (χ1v) is 10.6. The minimum absolute atomic E-state index is 0.106. The van der Waals surface area contributed by atoms with Gasteiger partial charge in [-0.1, -0.05) is 37.3 Å². The number of carbonyl (C=O) groups excluding carboxylic acids is 2. The SMILES string of the molecule is CCNC(=O)C(CC)N(Cc1ccccc1C)C(=O)COc1cc(C)cc(C)c1C. The van der Waals surface area contributed by atoms with Crippen LogP contribution in [0.15, 0.2) is 36.4 Å². The third kappa shape index (κ3) is 5.85. The van der Waals surface area contributed by atoms with Crippen molar-refractivity contribution in [3.63, 3.8) is 0 Å². The number of likely N-dealkylation sites (N-methyl/N-ethyl adjacent to an activating group) is 1. The van der Waals surface area contributed by atoms with E-state index in [2.05, 4.69) is 11.4 Å². The highest BCUT2D eigenvalue weighted by molar-refractivity contribution is 5.88. The summed E-state index contributed by atoms with van der Waals surface area (Å²) in [5, 5.41) is 2.86. The first-order valence-electron chi connectivity index (χ1n) is 10.6. The maximum atomic E-state index is 13.2. The predicted molar refractivity (Wildman–Crippen MR) is 121 cm³/mol. The van der Waals surface area contributed by atoms with Gasteiger partial charge < -0.3 is 15.0 Å². The quantitative estimate of drug-likeness (QED) is 0.673. The monoisotopic (exact) mass is 410 g/mol. The molecule has 0 saturated heterocycles. The minimum atomic E-state index is -0.541. The highest BCUT2D eigenvalue weighted by Gasteiger charge is 2.29. The van der Waals surface area contributed by atoms with Crippen LogP contribution in [0.4, 0.5) is 0 Å². The molecule has 0 spiro atoms. The third-order valence-electron chi connectivity index (χ3n) is 5.45. The fraction of sp³-hybridized carbons (Fsp3) is 0.440. The van der Waals surface area contributed by atoms with Gasteiger partial charge in [0.2, 0.25) is 5.91 Å². The molecule has 2 rings (SSSR count). The van der Waals surface area contributed by atoms with Gasteiger partial charge in [0.15, 0.2) is 6.61 Å². The van der Waals surface area contributed by atoms with Gasteiger partial charge in [-0.25, -0.2) is 0 Å². The van der Waals surface area contributed by atoms with Crippen molar-refractivity contribution in [1.82, 2.24) is 10.2 Å². The van der Waals surface area contributed by atoms with Crippen molar-refractivity contribution in [2.24, 2.45) is 0 Å². The Labute approximate surface area is 180 Å². The van der Waals surface area contributed by atoms with Gasteiger partial charge in [-0.15, -0.1) is 0 Å². The summed E-state index contributed by atoms with van der Waals surface area (Å²) in [6.45, 7) is 12.6. The lowest BCUT2D eigenvalue weighted by molar-refractivity contribution is -0.142. The van der Waals surface area contributed by atoms with E-state index in [0.29, 0.717) is 25.3 Å². The number of benzene rings is 2. The fourth-order valence-corrected chi connectivity index (χ4v) is 3.56. The third-order valence-corrected chi connectivity index (χ3v) is 5.45. The number of ether oxygens (including phenoxy) is 1. The number of amides is 2. The summed E-state index contributed by atoms with van der Waals surface area (Å²) in [6.07, 6.45) is 0.534. The molecule has 0 radical (unpaired) electrons. The highest BCUT2D eigenvalue weighted by Crippen LogP contribution is 2.24. The normalized spacial score (nSPS) is 11.7. The predicted octanol–water partition coefficient (Wildman–Crippen LogP) is 4.24. The Morgan fingerprint density at radius 3 is 2.37 bits per heavy atom. The summed E-state index contributed by atoms with van der Waals surface area (Å²) in [7, 11) is 0. The molecule has 2 aromatic carbocycles. The number of carbonyl (C=O) groups is 2. The number of nitrogens with one attached hydrogen (secondary N) is 1. The van der Waals surface area contributed by atoms with Gasteiger partial charge >= 0.3 is 0 Å². The summed E-state index contributed by atoms with van der Waals surface area (Å²) in [5.74, 6) is 0.377. The van der Waals surface area contributed by atoms with Crippen LogP contribution in [0.25, 0.3) is 0 Å². The Bertz CT molecular complexity index is 892. The van der Waals surface area contributed by atoms with Crippen molar-refractivity contribution in [2.45, 2.75) is 60.5 Å². The van der Waals surface area contributed by atoms with E-state index in [0.717, 1.165) is 27.8 Å². The van der Waals surface area contributed by atoms with E-state index in [-0.39, 0.29) is 18.4 Å². The van der Waals surface area contributed by atoms with Crippen LogP contribution in [0.1, 0.15) is 48.1 Å². The van der Waals surface area contributed by atoms with E-state index in [1.807, 2.05) is 71.9 Å². The standard InChI is InChI=1S/C25H34N2O3/c1-7-22(25(29)26-8-2)27(15-21-12-10-9-11-18(21)4)24(28)16-30-23-14-17(3)13-19(5)20(23)6/h9-14,22H,7-8,15-16H2,1-6H3,(H,26,29). The topological polar surface area (TPSA) is 58.6 Å². The maximum absolute atomic E-state index is 13.2. The van der Waals surface area contributed by atoms with E-state index in [1.165, 1.54) is 0 Å². The molecule has 0 aromatic heterocycles. The van der Waals surface area contributed by atoms with Crippen LogP contribution >= 0.6 is 0 Å². The summed E-state index contributed by atoms with van der Waals surface area (Å²) in [6, 6.07) is 11.4. The Kier molecular flexibility index (Phi) is 8.46. The molecule has 0 aliphatic rings. The van der Waals surface area contributed by atoms with Crippen LogP contribution in [0, 0.1) is 27.7 Å². The van der Waals surface area contributed by atoms with Crippen LogP contribution < -0.4 is 10.1 Å². The molecule has 1 N–H and O–H groups in total. The molecule has 2 aromatic rings. The molecule has 0 aliphatic heterocycles. The van der Waals surface area contributed by atoms with E-state index in [1.54, 1.807) is 4.90 Å². The molecule has 5 heteroatoms. The Balaban J connectivity index is 2.27. The molecule has 0 fully saturated rings. The summed E-state index contributed by atoms with van der Waals surface area (Å²) in [5.41, 5.74) is 5.35. The smallest absolute Gasteiger partial charge is 0.261 e. The zero-order valence-electron chi connectivity index (χ0n) is 19.0. The second kappa shape index (κ2) is 10.8. The first-order chi connectivity index (χ1) is 14.3. The molecule has 2 amide bonds. The van der Waals surface area contributed by atoms with Crippen molar-refractivity contribution in [3.8, 4) is 5.75 Å². The average molecular weight is 411 g/mol. The number of rotatable bonds is 9. The van der Waals surface area contributed by atoms with Crippen molar-refractivity contribution < 1.29 is 14.3 Å². The lowest BCUT2D eigenvalue weighted by atomic mass is 10.1. The Morgan fingerprint density at radius 1 is 1.03 bits per heavy atom. The average Bonchev–Trinajstić information content (AvgIpc) is 2.70. The highest BCUT2D eigenvalue weighted by atomic mass is 16.5. The molecular weight excluding hydrogens is 376 g/mol. The van der Waals surface area contributed by atoms with E-state index >= 15 is 0 Å². The largest absolute Gasteiger partial charge is 0.483 e. The van der Waals surface area contributed by atoms with Gasteiger partial charge in [0, 0.05) is 13.1 Å². The number of hydrogen-bond donors (Lipinski definition) is 1. The zero-order chi connectivity index (χ0) is 22.3. The molecule has 162 valence electrons. The second-order valence-corrected chi connectivity index (χ2v) is 7.76. The van der Waals surface area contributed by atoms with Crippen LogP contribution in [0.3, 0.4) is 0 Å². The van der Waals surface area contributed by atoms with Gasteiger partial charge in [-0.05, 0) is 74.9 Å². The number of hydrogen-bond acceptors (Lipinski definition) is 3. The van der Waals surface area contributed by atoms with E-state index in [4.69, 9.17) is 4.74 Å². The van der Waals surface area contributed by atoms with E-state index in [9.17, 15) is 9.59 Å². The second-order valence-electron chi connectivity index (χ2n) is 7.76. The molecule has 1 unspecified atom stereocenters. The molecule has 1 atom stereocenters. The Hall–Kier alpha value is -2.82. The fourth-order valence-electron chi connectivity index (χ4n) is 3.56. The van der Waals surface area contributed by atoms with Crippen LogP contribution in [-0.4, -0.2) is 35.9 Å². The lowest BCUT2D eigenvalue weighted by Gasteiger charge is -2.31. The van der Waals surface area contributed by atoms with Crippen LogP contribution in [0.5, 0.6) is 5.75 Å². The lowest BCUT2D eigenvalue weighted by Crippen LogP contribution is -2.50. The molecular formula is C25H34N2O3. The summed E-state index contributed by atoms with van der Waals surface area (Å²) in [4.78, 5) is 27.6. The first kappa shape index (κ1) is 23.5. The van der Waals surface area contributed by atoms with Gasteiger partial charge in [0.05, 0.1) is 0 Å². The Morgan fingerprint density at radius 2 is 1.73 bits per heavy atom. The molecule has 0 aliphatic carbocycles. The number of nitrogens with zero attached hydrogens (tertiary/aromatic N) is 1. The van der Waals surface area contributed by atoms with Gasteiger partial charge in [0.1, 0.15) is 11.8 Å². The van der Waals surface area contributed by atoms with Crippen molar-refractivity contribution >= 4 is 11.8 Å². The van der Waals surface area contributed by atoms with Gasteiger partial charge in [-0.2, -0.15) is 0 Å². The van der Waals surface area contributed by atoms with E-state index < -0.39 is 6.04 Å². The van der Waals surface area contributed by atoms with Crippen molar-refractivity contribution in [2.75, 3.05) is 13.2 Å². The summed E-state index contributed by atoms with van der Waals surface area (Å²) < 4.78 is 5.92. The maximum Gasteiger partial charge on any atom is 0.261 e. The minimum Gasteiger partial charge on any atom is -0.483 e. The molecule has 0 bridgehead atoms. The van der Waals surface area contributed by atoms with Crippen molar-refractivity contribution in [1.29, 1.82) is 0 Å². The van der Waals surface area contributed by atoms with Gasteiger partial charge in [0.25, 0.3) is 5.91 Å². The van der Waals surface area contributed by atoms with Crippen molar-refractivity contribution in [3.05, 3.63) is 64.2 Å². The number of aryl methyl sites for hydroxylation is 3. The van der Waals surface area contributed by atoms with Gasteiger partial charge in [-0.3, -0.25) is 9.59 Å². The zero-order valence-corrected chi connectivity index (χ0v) is 19.0. The molecule has 30 heavy (non-hydrogen) atoms.